The molecule has 4 N–H and O–H groups in total. The Morgan fingerprint density at radius 3 is 1.54 bits per heavy atom. The highest BCUT2D eigenvalue weighted by atomic mass is 32.2. The second kappa shape index (κ2) is 36.2. The van der Waals surface area contributed by atoms with E-state index in [1.165, 1.54) is 109 Å². The number of carbonyl (C=O) groups is 11. The molecule has 536 valence electrons. The smallest absolute Gasteiger partial charge is 0.246 e. The number of nitrogens with one attached hydrogen (secondary N) is 4. The molecule has 3 aliphatic rings. The van der Waals surface area contributed by atoms with Gasteiger partial charge in [0.05, 0.1) is 19.3 Å². The van der Waals surface area contributed by atoms with Crippen molar-refractivity contribution in [1.82, 2.24) is 55.6 Å². The van der Waals surface area contributed by atoms with E-state index >= 15 is 19.2 Å². The van der Waals surface area contributed by atoms with Crippen molar-refractivity contribution in [1.29, 1.82) is 0 Å². The van der Waals surface area contributed by atoms with Gasteiger partial charge in [0, 0.05) is 54.2 Å². The molecule has 0 spiro atoms. The fourth-order valence-electron chi connectivity index (χ4n) is 12.4. The molecule has 1 aromatic rings. The summed E-state index contributed by atoms with van der Waals surface area (Å²) in [5.74, 6) is -7.72. The normalized spacial score (nSPS) is 28.5. The van der Waals surface area contributed by atoms with E-state index in [4.69, 9.17) is 9.47 Å². The van der Waals surface area contributed by atoms with Gasteiger partial charge in [-0.1, -0.05) is 115 Å². The predicted octanol–water partition coefficient (Wildman–Crippen LogP) is 5.64. The molecule has 0 unspecified atom stereocenters. The van der Waals surface area contributed by atoms with E-state index in [0.29, 0.717) is 18.9 Å². The van der Waals surface area contributed by atoms with Gasteiger partial charge in [0.2, 0.25) is 65.0 Å². The highest BCUT2D eigenvalue weighted by Gasteiger charge is 2.49. The molecule has 2 aliphatic heterocycles. The van der Waals surface area contributed by atoms with E-state index in [2.05, 4.69) is 21.3 Å². The Kier molecular flexibility index (Phi) is 30.8. The summed E-state index contributed by atoms with van der Waals surface area (Å²) in [4.78, 5) is 173. The molecule has 1 aliphatic carbocycles. The zero-order valence-corrected chi connectivity index (χ0v) is 62.1. The van der Waals surface area contributed by atoms with Gasteiger partial charge in [-0.15, -0.1) is 0 Å². The third-order valence-electron chi connectivity index (χ3n) is 18.4. The van der Waals surface area contributed by atoms with E-state index in [9.17, 15) is 33.6 Å². The molecule has 1 aromatic carbocycles. The lowest BCUT2D eigenvalue weighted by atomic mass is 9.93. The van der Waals surface area contributed by atoms with Crippen molar-refractivity contribution in [2.24, 2.45) is 47.3 Å². The molecular weight excluding hydrogens is 1230 g/mol. The first-order chi connectivity index (χ1) is 44.2. The van der Waals surface area contributed by atoms with Gasteiger partial charge in [-0.2, -0.15) is 0 Å². The maximum absolute atomic E-state index is 15.6. The number of amides is 11. The number of carbonyl (C=O) groups excluding carboxylic acids is 11. The van der Waals surface area contributed by atoms with Crippen LogP contribution in [0, 0.1) is 47.3 Å². The summed E-state index contributed by atoms with van der Waals surface area (Å²) in [5.41, 5.74) is -0.486. The molecule has 0 bridgehead atoms. The fraction of sp³-hybridized carbons (Fsp3) is 0.757. The first-order valence-electron chi connectivity index (χ1n) is 34.3. The number of benzene rings is 1. The summed E-state index contributed by atoms with van der Waals surface area (Å²) in [7, 11) is 10.2. The summed E-state index contributed by atoms with van der Waals surface area (Å²) in [6.45, 7) is 28.7. The van der Waals surface area contributed by atoms with Gasteiger partial charge in [-0.3, -0.25) is 52.7 Å². The topological polar surface area (TPSA) is 277 Å². The van der Waals surface area contributed by atoms with Crippen LogP contribution in [0.5, 0.6) is 5.75 Å². The van der Waals surface area contributed by atoms with Gasteiger partial charge in [0.1, 0.15) is 71.6 Å². The van der Waals surface area contributed by atoms with E-state index in [0.717, 1.165) is 23.5 Å². The van der Waals surface area contributed by atoms with Gasteiger partial charge < -0.3 is 65.0 Å². The van der Waals surface area contributed by atoms with Crippen LogP contribution in [0.3, 0.4) is 0 Å². The second-order valence-corrected chi connectivity index (χ2v) is 30.6. The number of ether oxygens (including phenoxy) is 2. The molecule has 1 saturated carbocycles. The van der Waals surface area contributed by atoms with Crippen LogP contribution in [0.1, 0.15) is 162 Å². The average Bonchev–Trinajstić information content (AvgIpc) is 1.77. The Hall–Kier alpha value is -6.50. The second-order valence-electron chi connectivity index (χ2n) is 29.4. The van der Waals surface area contributed by atoms with E-state index in [1.54, 1.807) is 34.6 Å². The van der Waals surface area contributed by atoms with Crippen molar-refractivity contribution in [3.8, 4) is 5.75 Å². The molecule has 25 heteroatoms. The van der Waals surface area contributed by atoms with E-state index in [1.807, 2.05) is 86.6 Å². The molecule has 2 heterocycles. The molecule has 24 nitrogen and oxygen atoms in total. The van der Waals surface area contributed by atoms with Crippen molar-refractivity contribution in [3.63, 3.8) is 0 Å². The molecule has 0 radical (unpaired) electrons. The van der Waals surface area contributed by atoms with Crippen molar-refractivity contribution in [2.75, 3.05) is 62.5 Å². The summed E-state index contributed by atoms with van der Waals surface area (Å²) in [6.07, 6.45) is 2.51. The van der Waals surface area contributed by atoms with Crippen molar-refractivity contribution < 1.29 is 62.2 Å². The lowest BCUT2D eigenvalue weighted by Crippen LogP contribution is -2.63. The average molecular weight is 1350 g/mol. The van der Waals surface area contributed by atoms with Crippen LogP contribution in [0.25, 0.3) is 0 Å². The lowest BCUT2D eigenvalue weighted by molar-refractivity contribution is -0.157. The molecular formula is C70H117N11O13S. The molecule has 13 atom stereocenters. The maximum Gasteiger partial charge on any atom is 0.246 e. The Balaban J connectivity index is 1.89. The SMILES string of the molecule is CC[C@@H]1NC(=O)[C@H]([C@@H]2O[C@@H](Sc3cccc(OCC4CC4)c3)C[C@H]2C)N(C)C(=O)[C@H](C(C)C)N(C)C(=O)[C@H](CC(C)C)N(C)C(=O)[C@H](CC(C)C)N(C)C(=O)[C@@H](C)NC(=O)[C@H](C)NC(=O)[C@H](CC(C)C)N(C)C(=O)[C@H](C(C)C)NC(=O)[C@H](CC(C)C)N(C)C(=O)CN(C)C1=O. The highest BCUT2D eigenvalue weighted by molar-refractivity contribution is 7.99. The lowest BCUT2D eigenvalue weighted by Gasteiger charge is -2.41. The van der Waals surface area contributed by atoms with E-state index in [-0.39, 0.29) is 61.7 Å². The largest absolute Gasteiger partial charge is 0.493 e. The van der Waals surface area contributed by atoms with E-state index < -0.39 is 155 Å². The molecule has 0 aromatic heterocycles. The molecule has 4 rings (SSSR count). The van der Waals surface area contributed by atoms with Crippen LogP contribution in [0.15, 0.2) is 29.2 Å². The summed E-state index contributed by atoms with van der Waals surface area (Å²) >= 11 is 1.46. The molecule has 3 fully saturated rings. The first-order valence-corrected chi connectivity index (χ1v) is 35.2. The van der Waals surface area contributed by atoms with Crippen molar-refractivity contribution in [3.05, 3.63) is 24.3 Å². The van der Waals surface area contributed by atoms with Gasteiger partial charge in [0.15, 0.2) is 0 Å². The predicted molar refractivity (Wildman–Crippen MR) is 367 cm³/mol. The number of hydrogen-bond acceptors (Lipinski definition) is 14. The molecule has 95 heavy (non-hydrogen) atoms. The highest BCUT2D eigenvalue weighted by Crippen LogP contribution is 2.40. The van der Waals surface area contributed by atoms with Crippen molar-refractivity contribution in [2.45, 2.75) is 239 Å². The van der Waals surface area contributed by atoms with Crippen molar-refractivity contribution >= 4 is 76.7 Å². The Morgan fingerprint density at radius 1 is 0.526 bits per heavy atom. The van der Waals surface area contributed by atoms with Crippen LogP contribution in [-0.4, -0.2) is 234 Å². The zero-order chi connectivity index (χ0) is 71.9. The van der Waals surface area contributed by atoms with Gasteiger partial charge in [0.25, 0.3) is 0 Å². The third-order valence-corrected chi connectivity index (χ3v) is 19.5. The van der Waals surface area contributed by atoms with Crippen LogP contribution in [-0.2, 0) is 57.5 Å². The number of thioether (sulfide) groups is 1. The van der Waals surface area contributed by atoms with Crippen LogP contribution in [0.4, 0.5) is 0 Å². The maximum atomic E-state index is 15.6. The van der Waals surface area contributed by atoms with Crippen LogP contribution in [0.2, 0.25) is 0 Å². The summed E-state index contributed by atoms with van der Waals surface area (Å²) < 4.78 is 12.9. The number of rotatable bonds is 17. The first kappa shape index (κ1) is 80.9. The Morgan fingerprint density at radius 2 is 1.02 bits per heavy atom. The van der Waals surface area contributed by atoms with Crippen LogP contribution < -0.4 is 26.0 Å². The Bertz CT molecular complexity index is 2830. The summed E-state index contributed by atoms with van der Waals surface area (Å²) in [6, 6.07) is -4.29. The molecule has 2 saturated heterocycles. The number of nitrogens with zero attached hydrogens (tertiary/aromatic N) is 7. The molecule has 11 amide bonds. The fourth-order valence-corrected chi connectivity index (χ4v) is 13.6. The Labute approximate surface area is 570 Å². The summed E-state index contributed by atoms with van der Waals surface area (Å²) in [5, 5.41) is 11.2. The minimum Gasteiger partial charge on any atom is -0.493 e. The zero-order valence-electron chi connectivity index (χ0n) is 61.3. The number of likely N-dealkylation sites (N-methyl/N-ethyl adjacent to an activating group) is 7. The van der Waals surface area contributed by atoms with Gasteiger partial charge >= 0.3 is 0 Å². The minimum atomic E-state index is -1.38. The number of hydrogen-bond donors (Lipinski definition) is 4. The quantitative estimate of drug-likeness (QED) is 0.147. The van der Waals surface area contributed by atoms with Gasteiger partial charge in [-0.25, -0.2) is 0 Å². The van der Waals surface area contributed by atoms with Crippen LogP contribution >= 0.6 is 11.8 Å². The monoisotopic (exact) mass is 1350 g/mol. The third kappa shape index (κ3) is 22.3. The van der Waals surface area contributed by atoms with Gasteiger partial charge in [-0.05, 0) is 131 Å². The minimum absolute atomic E-state index is 0.0591. The standard InChI is InChI=1S/C70H117N11O13S/c1-24-50-66(88)75(17)36-55(82)76(18)51(30-38(2)3)63(85)74-57(42(10)11)69(91)77(19)52(31-39(4)5)62(84)71-45(15)61(83)72-46(16)65(87)78(20)53(32-40(6)7)67(89)79(21)54(33-41(8)9)68(90)80(22)58(43(12)13)70(92)81(23)59(64(86)73-50)60-44(14)34-56(94-60)95-49-27-25-26-48(35-49)93-37-47-28-29-47/h25-27,35,38-47,50-54,56-60H,24,28-34,36-37H2,1-23H3,(H,71,84)(H,72,83)(H,73,86)(H,74,85)/t44-,45+,46-,50+,51+,52+,53+,54+,56+,57+,58+,59+,60-/m1/s1.